The Bertz CT molecular complexity index is 1390. The molecular weight excluding hydrogens is 440 g/mol. The Kier molecular flexibility index (Phi) is 6.01. The summed E-state index contributed by atoms with van der Waals surface area (Å²) in [5.74, 6) is 0.952. The highest BCUT2D eigenvalue weighted by molar-refractivity contribution is 6.06. The largest absolute Gasteiger partial charge is 0.489 e. The summed E-state index contributed by atoms with van der Waals surface area (Å²) < 4.78 is 7.69. The highest BCUT2D eigenvalue weighted by atomic mass is 16.5. The van der Waals surface area contributed by atoms with Crippen LogP contribution in [0.3, 0.4) is 0 Å². The van der Waals surface area contributed by atoms with Crippen LogP contribution in [0.2, 0.25) is 0 Å². The van der Waals surface area contributed by atoms with Crippen LogP contribution in [0.25, 0.3) is 0 Å². The van der Waals surface area contributed by atoms with Gasteiger partial charge in [-0.3, -0.25) is 4.79 Å². The van der Waals surface area contributed by atoms with Gasteiger partial charge in [-0.05, 0) is 66.6 Å². The fourth-order valence-corrected chi connectivity index (χ4v) is 4.08. The van der Waals surface area contributed by atoms with Gasteiger partial charge in [-0.2, -0.15) is 4.68 Å². The monoisotopic (exact) mass is 466 g/mol. The quantitative estimate of drug-likeness (QED) is 0.424. The van der Waals surface area contributed by atoms with Gasteiger partial charge >= 0.3 is 0 Å². The molecule has 1 amide bonds. The van der Waals surface area contributed by atoms with Crippen molar-refractivity contribution in [2.24, 2.45) is 0 Å². The molecule has 8 nitrogen and oxygen atoms in total. The molecule has 1 aliphatic rings. The molecule has 1 unspecified atom stereocenters. The first-order valence-electron chi connectivity index (χ1n) is 11.4. The maximum absolute atomic E-state index is 13.5. The van der Waals surface area contributed by atoms with Crippen molar-refractivity contribution in [3.8, 4) is 5.75 Å². The van der Waals surface area contributed by atoms with Gasteiger partial charge in [-0.15, -0.1) is 0 Å². The maximum atomic E-state index is 13.5. The number of carbonyl (C=O) groups excluding carboxylic acids is 1. The van der Waals surface area contributed by atoms with E-state index in [0.717, 1.165) is 22.4 Å². The standard InChI is InChI=1S/C27H26N6O2/c1-17-7-11-20(12-8-17)16-35-23-6-4-5-21(15-23)25-24(19(3)28-27-30-31-32-33(25)27)26(34)29-22-13-9-18(2)10-14-22/h4-15,25H,16H2,1-3H3,(H,29,34)(H,28,30,32). The van der Waals surface area contributed by atoms with Crippen LogP contribution in [-0.2, 0) is 11.4 Å². The second-order valence-corrected chi connectivity index (χ2v) is 8.68. The molecule has 8 heteroatoms. The summed E-state index contributed by atoms with van der Waals surface area (Å²) >= 11 is 0. The molecule has 0 saturated carbocycles. The van der Waals surface area contributed by atoms with Crippen LogP contribution in [0.5, 0.6) is 5.75 Å². The number of nitrogens with one attached hydrogen (secondary N) is 2. The van der Waals surface area contributed by atoms with Gasteiger partial charge in [-0.25, -0.2) is 0 Å². The second kappa shape index (κ2) is 9.42. The van der Waals surface area contributed by atoms with Crippen LogP contribution < -0.4 is 15.4 Å². The Labute approximate surface area is 203 Å². The molecular formula is C27H26N6O2. The molecule has 3 aromatic carbocycles. The van der Waals surface area contributed by atoms with Crippen molar-refractivity contribution in [1.29, 1.82) is 0 Å². The number of anilines is 2. The number of rotatable bonds is 6. The topological polar surface area (TPSA) is 94.0 Å². The molecule has 0 bridgehead atoms. The lowest BCUT2D eigenvalue weighted by Crippen LogP contribution is -2.31. The number of benzene rings is 3. The molecule has 1 atom stereocenters. The van der Waals surface area contributed by atoms with Crippen molar-refractivity contribution in [1.82, 2.24) is 20.2 Å². The van der Waals surface area contributed by atoms with Gasteiger partial charge in [0.1, 0.15) is 18.4 Å². The number of nitrogens with zero attached hydrogens (tertiary/aromatic N) is 4. The van der Waals surface area contributed by atoms with Gasteiger partial charge in [-0.1, -0.05) is 64.8 Å². The number of carbonyl (C=O) groups is 1. The van der Waals surface area contributed by atoms with Crippen molar-refractivity contribution in [3.63, 3.8) is 0 Å². The van der Waals surface area contributed by atoms with Crippen LogP contribution in [0.15, 0.2) is 84.1 Å². The first-order chi connectivity index (χ1) is 17.0. The summed E-state index contributed by atoms with van der Waals surface area (Å²) in [5.41, 5.74) is 6.19. The van der Waals surface area contributed by atoms with Gasteiger partial charge < -0.3 is 15.4 Å². The molecule has 2 N–H and O–H groups in total. The molecule has 4 aromatic rings. The van der Waals surface area contributed by atoms with E-state index in [2.05, 4.69) is 57.3 Å². The van der Waals surface area contributed by atoms with E-state index in [-0.39, 0.29) is 5.91 Å². The highest BCUT2D eigenvalue weighted by Gasteiger charge is 2.34. The fourth-order valence-electron chi connectivity index (χ4n) is 4.08. The lowest BCUT2D eigenvalue weighted by molar-refractivity contribution is -0.113. The van der Waals surface area contributed by atoms with Crippen molar-refractivity contribution < 1.29 is 9.53 Å². The third-order valence-corrected chi connectivity index (χ3v) is 5.97. The molecule has 35 heavy (non-hydrogen) atoms. The molecule has 1 aliphatic heterocycles. The van der Waals surface area contributed by atoms with E-state index < -0.39 is 6.04 Å². The first-order valence-corrected chi connectivity index (χ1v) is 11.4. The molecule has 5 rings (SSSR count). The van der Waals surface area contributed by atoms with E-state index in [9.17, 15) is 4.79 Å². The zero-order chi connectivity index (χ0) is 24.4. The zero-order valence-electron chi connectivity index (χ0n) is 19.8. The van der Waals surface area contributed by atoms with Crippen LogP contribution >= 0.6 is 0 Å². The summed E-state index contributed by atoms with van der Waals surface area (Å²) in [6.07, 6.45) is 0. The number of amides is 1. The van der Waals surface area contributed by atoms with Gasteiger partial charge in [0.25, 0.3) is 5.91 Å². The molecule has 0 spiro atoms. The summed E-state index contributed by atoms with van der Waals surface area (Å²) in [6, 6.07) is 23.1. The molecule has 0 aliphatic carbocycles. The third-order valence-electron chi connectivity index (χ3n) is 5.97. The first kappa shape index (κ1) is 22.3. The Hall–Kier alpha value is -4.46. The van der Waals surface area contributed by atoms with Gasteiger partial charge in [0.05, 0.1) is 5.57 Å². The van der Waals surface area contributed by atoms with Crippen LogP contribution in [0.1, 0.15) is 35.2 Å². The van der Waals surface area contributed by atoms with Crippen molar-refractivity contribution >= 4 is 17.5 Å². The number of tetrazole rings is 1. The lowest BCUT2D eigenvalue weighted by atomic mass is 9.94. The Morgan fingerprint density at radius 2 is 1.71 bits per heavy atom. The Morgan fingerprint density at radius 1 is 1.00 bits per heavy atom. The normalized spacial score (nSPS) is 14.8. The van der Waals surface area contributed by atoms with E-state index in [1.165, 1.54) is 5.56 Å². The minimum Gasteiger partial charge on any atom is -0.489 e. The predicted molar refractivity (Wildman–Crippen MR) is 134 cm³/mol. The van der Waals surface area contributed by atoms with Gasteiger partial charge in [0, 0.05) is 11.4 Å². The number of fused-ring (bicyclic) bond motifs is 1. The Balaban J connectivity index is 1.45. The van der Waals surface area contributed by atoms with Crippen molar-refractivity contribution in [3.05, 3.63) is 106 Å². The highest BCUT2D eigenvalue weighted by Crippen LogP contribution is 2.36. The molecule has 0 radical (unpaired) electrons. The third kappa shape index (κ3) is 4.77. The van der Waals surface area contributed by atoms with E-state index in [4.69, 9.17) is 4.74 Å². The number of hydrogen-bond acceptors (Lipinski definition) is 6. The molecule has 176 valence electrons. The van der Waals surface area contributed by atoms with E-state index in [1.54, 1.807) is 4.68 Å². The average Bonchev–Trinajstić information content (AvgIpc) is 3.32. The van der Waals surface area contributed by atoms with Crippen molar-refractivity contribution in [2.75, 3.05) is 10.6 Å². The van der Waals surface area contributed by atoms with E-state index >= 15 is 0 Å². The number of aromatic nitrogens is 4. The molecule has 2 heterocycles. The number of allylic oxidation sites excluding steroid dienone is 1. The van der Waals surface area contributed by atoms with E-state index in [1.807, 2.05) is 62.4 Å². The number of aryl methyl sites for hydroxylation is 2. The smallest absolute Gasteiger partial charge is 0.255 e. The van der Waals surface area contributed by atoms with Crippen LogP contribution in [0, 0.1) is 13.8 Å². The van der Waals surface area contributed by atoms with Crippen LogP contribution in [0.4, 0.5) is 11.6 Å². The summed E-state index contributed by atoms with van der Waals surface area (Å²) in [6.45, 7) is 6.36. The van der Waals surface area contributed by atoms with Gasteiger partial charge in [0.15, 0.2) is 0 Å². The summed E-state index contributed by atoms with van der Waals surface area (Å²) in [5, 5.41) is 18.2. The minimum absolute atomic E-state index is 0.226. The molecule has 0 fully saturated rings. The second-order valence-electron chi connectivity index (χ2n) is 8.68. The van der Waals surface area contributed by atoms with Crippen LogP contribution in [-0.4, -0.2) is 26.1 Å². The Morgan fingerprint density at radius 3 is 2.46 bits per heavy atom. The lowest BCUT2D eigenvalue weighted by Gasteiger charge is -2.28. The molecule has 1 aromatic heterocycles. The minimum atomic E-state index is -0.519. The maximum Gasteiger partial charge on any atom is 0.255 e. The number of hydrogen-bond donors (Lipinski definition) is 2. The SMILES string of the molecule is CC1=C(C(=O)Nc2ccc(C)cc2)C(c2cccc(OCc3ccc(C)cc3)c2)n2nnnc2N1. The predicted octanol–water partition coefficient (Wildman–Crippen LogP) is 4.80. The fraction of sp³-hybridized carbons (Fsp3) is 0.185. The molecule has 0 saturated heterocycles. The summed E-state index contributed by atoms with van der Waals surface area (Å²) in [7, 11) is 0. The summed E-state index contributed by atoms with van der Waals surface area (Å²) in [4.78, 5) is 13.5. The number of ether oxygens (including phenoxy) is 1. The van der Waals surface area contributed by atoms with Gasteiger partial charge in [0.2, 0.25) is 5.95 Å². The average molecular weight is 467 g/mol. The van der Waals surface area contributed by atoms with Crippen molar-refractivity contribution in [2.45, 2.75) is 33.4 Å². The zero-order valence-corrected chi connectivity index (χ0v) is 19.8. The van der Waals surface area contributed by atoms with E-state index in [0.29, 0.717) is 29.6 Å².